The molecule has 3 aromatic rings. The summed E-state index contributed by atoms with van der Waals surface area (Å²) in [6.45, 7) is 0. The summed E-state index contributed by atoms with van der Waals surface area (Å²) in [6, 6.07) is 15.5. The van der Waals surface area contributed by atoms with Crippen LogP contribution in [-0.2, 0) is 4.74 Å². The molecule has 3 aromatic carbocycles. The van der Waals surface area contributed by atoms with Gasteiger partial charge in [0.2, 0.25) is 5.90 Å². The highest BCUT2D eigenvalue weighted by molar-refractivity contribution is 6.38. The average Bonchev–Trinajstić information content (AvgIpc) is 2.75. The first-order valence-corrected chi connectivity index (χ1v) is 10.4. The van der Waals surface area contributed by atoms with Crippen molar-refractivity contribution in [2.45, 2.75) is 0 Å². The Morgan fingerprint density at radius 2 is 1.66 bits per heavy atom. The Bertz CT molecular complexity index is 1230. The third-order valence-corrected chi connectivity index (χ3v) is 5.23. The minimum atomic E-state index is -0.721. The lowest BCUT2D eigenvalue weighted by Gasteiger charge is -2.12. The Morgan fingerprint density at radius 1 is 0.969 bits per heavy atom. The number of anilines is 1. The third kappa shape index (κ3) is 5.64. The number of amides is 2. The summed E-state index contributed by atoms with van der Waals surface area (Å²) in [5, 5.41) is 12.4. The predicted octanol–water partition coefficient (Wildman–Crippen LogP) is 7.59. The number of ether oxygens (including phenoxy) is 2. The molecule has 0 atom stereocenters. The molecule has 32 heavy (non-hydrogen) atoms. The van der Waals surface area contributed by atoms with Gasteiger partial charge in [0, 0.05) is 11.8 Å². The second-order valence-corrected chi connectivity index (χ2v) is 7.78. The Labute approximate surface area is 203 Å². The van der Waals surface area contributed by atoms with Crippen LogP contribution >= 0.6 is 46.4 Å². The molecule has 0 heterocycles. The fraction of sp³-hybridized carbons (Fsp3) is 0.0455. The predicted molar refractivity (Wildman–Crippen MR) is 127 cm³/mol. The van der Waals surface area contributed by atoms with Gasteiger partial charge in [0.25, 0.3) is 0 Å². The van der Waals surface area contributed by atoms with Gasteiger partial charge < -0.3 is 14.8 Å². The molecule has 162 valence electrons. The van der Waals surface area contributed by atoms with Gasteiger partial charge in [-0.15, -0.1) is 0 Å². The lowest BCUT2D eigenvalue weighted by atomic mass is 10.2. The normalized spacial score (nSPS) is 10.9. The average molecular weight is 509 g/mol. The van der Waals surface area contributed by atoms with Crippen LogP contribution in [0.4, 0.5) is 10.5 Å². The van der Waals surface area contributed by atoms with Crippen LogP contribution in [0.15, 0.2) is 59.6 Å². The van der Waals surface area contributed by atoms with Crippen molar-refractivity contribution in [2.75, 3.05) is 12.4 Å². The van der Waals surface area contributed by atoms with E-state index in [0.717, 1.165) is 0 Å². The van der Waals surface area contributed by atoms with Crippen LogP contribution in [0, 0.1) is 11.3 Å². The van der Waals surface area contributed by atoms with Crippen LogP contribution in [0.25, 0.3) is 0 Å². The standard InChI is InChI=1S/C22H13Cl4N3O3/c1-31-21(15-4-2-3-5-16(15)23)29-22(30)28-13-8-18(25)20(19(26)9-13)32-14-7-6-12(11-27)17(24)10-14/h2-10H,1H3,(H,28,30)/b29-21-. The van der Waals surface area contributed by atoms with E-state index in [1.807, 2.05) is 6.07 Å². The fourth-order valence-corrected chi connectivity index (χ4v) is 3.59. The summed E-state index contributed by atoms with van der Waals surface area (Å²) in [5.41, 5.74) is 1.06. The topological polar surface area (TPSA) is 83.7 Å². The maximum atomic E-state index is 12.4. The number of nitrogens with zero attached hydrogens (tertiary/aromatic N) is 2. The van der Waals surface area contributed by atoms with Gasteiger partial charge in [-0.25, -0.2) is 4.79 Å². The molecule has 6 nitrogen and oxygen atoms in total. The van der Waals surface area contributed by atoms with Crippen molar-refractivity contribution in [3.63, 3.8) is 0 Å². The van der Waals surface area contributed by atoms with Crippen LogP contribution in [0.1, 0.15) is 11.1 Å². The number of nitrogens with one attached hydrogen (secondary N) is 1. The van der Waals surface area contributed by atoms with E-state index in [2.05, 4.69) is 10.3 Å². The summed E-state index contributed by atoms with van der Waals surface area (Å²) in [4.78, 5) is 16.3. The van der Waals surface area contributed by atoms with Crippen molar-refractivity contribution in [1.82, 2.24) is 0 Å². The smallest absolute Gasteiger partial charge is 0.348 e. The van der Waals surface area contributed by atoms with Crippen LogP contribution in [0.2, 0.25) is 20.1 Å². The van der Waals surface area contributed by atoms with Crippen molar-refractivity contribution in [3.05, 3.63) is 85.8 Å². The van der Waals surface area contributed by atoms with E-state index in [-0.39, 0.29) is 32.4 Å². The van der Waals surface area contributed by atoms with Gasteiger partial charge in [-0.05, 0) is 36.4 Å². The van der Waals surface area contributed by atoms with Gasteiger partial charge in [-0.3, -0.25) is 0 Å². The molecule has 0 saturated carbocycles. The Hall–Kier alpha value is -2.95. The molecular weight excluding hydrogens is 496 g/mol. The van der Waals surface area contributed by atoms with E-state index in [1.54, 1.807) is 30.3 Å². The van der Waals surface area contributed by atoms with Gasteiger partial charge in [-0.2, -0.15) is 10.3 Å². The second kappa shape index (κ2) is 10.6. The lowest BCUT2D eigenvalue weighted by molar-refractivity contribution is 0.258. The van der Waals surface area contributed by atoms with E-state index in [9.17, 15) is 4.79 Å². The molecule has 0 saturated heterocycles. The molecule has 0 aliphatic heterocycles. The van der Waals surface area contributed by atoms with E-state index in [0.29, 0.717) is 21.9 Å². The molecule has 0 aromatic heterocycles. The number of nitriles is 1. The highest BCUT2D eigenvalue weighted by Crippen LogP contribution is 2.39. The number of carbonyl (C=O) groups excluding carboxylic acids is 1. The van der Waals surface area contributed by atoms with Crippen LogP contribution < -0.4 is 10.1 Å². The number of benzene rings is 3. The van der Waals surface area contributed by atoms with Crippen LogP contribution in [-0.4, -0.2) is 19.0 Å². The highest BCUT2D eigenvalue weighted by atomic mass is 35.5. The first kappa shape index (κ1) is 23.7. The quantitative estimate of drug-likeness (QED) is 0.290. The first-order valence-electron chi connectivity index (χ1n) is 8.87. The van der Waals surface area contributed by atoms with Gasteiger partial charge in [0.15, 0.2) is 5.75 Å². The molecule has 0 fully saturated rings. The molecule has 0 radical (unpaired) electrons. The van der Waals surface area contributed by atoms with Crippen molar-refractivity contribution in [1.29, 1.82) is 5.26 Å². The van der Waals surface area contributed by atoms with Gasteiger partial charge >= 0.3 is 6.03 Å². The minimum Gasteiger partial charge on any atom is -0.480 e. The number of carbonyl (C=O) groups is 1. The monoisotopic (exact) mass is 507 g/mol. The van der Waals surface area contributed by atoms with Crippen molar-refractivity contribution >= 4 is 64.0 Å². The van der Waals surface area contributed by atoms with E-state index in [1.165, 1.54) is 31.4 Å². The summed E-state index contributed by atoms with van der Waals surface area (Å²) >= 11 is 24.7. The number of aliphatic imine (C=N–C) groups is 1. The first-order chi connectivity index (χ1) is 15.3. The van der Waals surface area contributed by atoms with Gasteiger partial charge in [0.05, 0.1) is 38.3 Å². The number of hydrogen-bond donors (Lipinski definition) is 1. The summed E-state index contributed by atoms with van der Waals surface area (Å²) in [5.74, 6) is 0.538. The Balaban J connectivity index is 1.80. The van der Waals surface area contributed by atoms with E-state index < -0.39 is 6.03 Å². The molecule has 3 rings (SSSR count). The minimum absolute atomic E-state index is 0.0444. The molecule has 0 bridgehead atoms. The summed E-state index contributed by atoms with van der Waals surface area (Å²) in [7, 11) is 1.38. The van der Waals surface area contributed by atoms with Crippen LogP contribution in [0.5, 0.6) is 11.5 Å². The fourth-order valence-electron chi connectivity index (χ4n) is 2.59. The SMILES string of the molecule is CO/C(=N\C(=O)Nc1cc(Cl)c(Oc2ccc(C#N)c(Cl)c2)c(Cl)c1)c1ccccc1Cl. The molecule has 0 spiro atoms. The maximum absolute atomic E-state index is 12.4. The van der Waals surface area contributed by atoms with Gasteiger partial charge in [-0.1, -0.05) is 58.5 Å². The van der Waals surface area contributed by atoms with Gasteiger partial charge in [0.1, 0.15) is 11.8 Å². The van der Waals surface area contributed by atoms with E-state index >= 15 is 0 Å². The highest BCUT2D eigenvalue weighted by Gasteiger charge is 2.15. The second-order valence-electron chi connectivity index (χ2n) is 6.16. The van der Waals surface area contributed by atoms with E-state index in [4.69, 9.17) is 61.1 Å². The zero-order valence-electron chi connectivity index (χ0n) is 16.3. The number of methoxy groups -OCH3 is 1. The Morgan fingerprint density at radius 3 is 2.25 bits per heavy atom. The maximum Gasteiger partial charge on any atom is 0.348 e. The number of rotatable bonds is 4. The molecule has 0 aliphatic carbocycles. The number of urea groups is 1. The largest absolute Gasteiger partial charge is 0.480 e. The molecule has 0 aliphatic rings. The molecular formula is C22H13Cl4N3O3. The molecule has 10 heteroatoms. The zero-order valence-corrected chi connectivity index (χ0v) is 19.4. The third-order valence-electron chi connectivity index (χ3n) is 4.03. The number of hydrogen-bond acceptors (Lipinski definition) is 4. The summed E-state index contributed by atoms with van der Waals surface area (Å²) < 4.78 is 10.9. The Kier molecular flexibility index (Phi) is 7.84. The lowest BCUT2D eigenvalue weighted by Crippen LogP contribution is -2.13. The van der Waals surface area contributed by atoms with Crippen LogP contribution in [0.3, 0.4) is 0 Å². The summed E-state index contributed by atoms with van der Waals surface area (Å²) in [6.07, 6.45) is 0. The number of halogens is 4. The molecule has 0 unspecified atom stereocenters. The molecule has 1 N–H and O–H groups in total. The molecule has 2 amide bonds. The zero-order chi connectivity index (χ0) is 23.3. The van der Waals surface area contributed by atoms with Crippen molar-refractivity contribution in [3.8, 4) is 17.6 Å². The van der Waals surface area contributed by atoms with Crippen molar-refractivity contribution in [2.24, 2.45) is 4.99 Å². The van der Waals surface area contributed by atoms with Crippen molar-refractivity contribution < 1.29 is 14.3 Å².